The van der Waals surface area contributed by atoms with Crippen molar-refractivity contribution in [3.63, 3.8) is 0 Å². The number of carboxylic acid groups (broad SMARTS) is 1. The van der Waals surface area contributed by atoms with E-state index in [1.807, 2.05) is 78.9 Å². The van der Waals surface area contributed by atoms with E-state index < -0.39 is 5.97 Å². The van der Waals surface area contributed by atoms with Gasteiger partial charge >= 0.3 is 5.97 Å². The number of hydrogen-bond acceptors (Lipinski definition) is 6. The molecule has 0 amide bonds. The molecule has 7 heteroatoms. The van der Waals surface area contributed by atoms with Crippen LogP contribution in [0.25, 0.3) is 6.08 Å². The minimum Gasteiger partial charge on any atom is -0.493 e. The second-order valence-electron chi connectivity index (χ2n) is 13.0. The zero-order valence-electron chi connectivity index (χ0n) is 28.6. The largest absolute Gasteiger partial charge is 0.493 e. The zero-order valence-corrected chi connectivity index (χ0v) is 28.6. The molecule has 0 aliphatic carbocycles. The van der Waals surface area contributed by atoms with E-state index in [4.69, 9.17) is 24.1 Å². The Kier molecular flexibility index (Phi) is 12.8. The van der Waals surface area contributed by atoms with Crippen molar-refractivity contribution < 1.29 is 33.6 Å². The summed E-state index contributed by atoms with van der Waals surface area (Å²) in [5, 5.41) is 8.95. The molecule has 0 heterocycles. The predicted molar refractivity (Wildman–Crippen MR) is 187 cm³/mol. The first-order valence-corrected chi connectivity index (χ1v) is 15.4. The van der Waals surface area contributed by atoms with Gasteiger partial charge in [0, 0.05) is 11.6 Å². The molecule has 0 aromatic heterocycles. The standard InChI is InChI=1S/C21H24O4.C19H22O3/c1-21(2,3)17-13-18(24-4)19(12-16(17)10-11-20(22)23)25-14-15-8-6-5-7-9-15;1-19(2,3)16-11-17(21-4)18(10-15(16)12-20)22-13-14-8-6-5-7-9-14/h5-13H,14H2,1-4H3,(H,22,23);5-12H,13H2,1-4H3/b11-10+;. The van der Waals surface area contributed by atoms with Gasteiger partial charge in [0.2, 0.25) is 0 Å². The molecular formula is C40H46O7. The average Bonchev–Trinajstić information content (AvgIpc) is 3.05. The van der Waals surface area contributed by atoms with Gasteiger partial charge in [-0.1, -0.05) is 102 Å². The highest BCUT2D eigenvalue weighted by molar-refractivity contribution is 5.86. The Morgan fingerprint density at radius 2 is 1.04 bits per heavy atom. The number of benzene rings is 4. The van der Waals surface area contributed by atoms with E-state index in [-0.39, 0.29) is 10.8 Å². The lowest BCUT2D eigenvalue weighted by Gasteiger charge is -2.24. The highest BCUT2D eigenvalue weighted by atomic mass is 16.5. The highest BCUT2D eigenvalue weighted by Crippen LogP contribution is 2.38. The van der Waals surface area contributed by atoms with Gasteiger partial charge in [-0.05, 0) is 69.0 Å². The maximum Gasteiger partial charge on any atom is 0.328 e. The van der Waals surface area contributed by atoms with Crippen LogP contribution in [0.3, 0.4) is 0 Å². The molecule has 0 fully saturated rings. The lowest BCUT2D eigenvalue weighted by Crippen LogP contribution is -2.14. The summed E-state index contributed by atoms with van der Waals surface area (Å²) in [5.74, 6) is 1.47. The first kappa shape index (κ1) is 36.4. The Morgan fingerprint density at radius 1 is 0.638 bits per heavy atom. The molecule has 0 unspecified atom stereocenters. The number of ether oxygens (including phenoxy) is 4. The summed E-state index contributed by atoms with van der Waals surface area (Å²) in [6.07, 6.45) is 3.60. The Hall–Kier alpha value is -5.04. The number of methoxy groups -OCH3 is 2. The topological polar surface area (TPSA) is 91.3 Å². The van der Waals surface area contributed by atoms with Gasteiger partial charge in [-0.2, -0.15) is 0 Å². The summed E-state index contributed by atoms with van der Waals surface area (Å²) in [6.45, 7) is 13.3. The molecule has 4 rings (SSSR count). The van der Waals surface area contributed by atoms with E-state index >= 15 is 0 Å². The summed E-state index contributed by atoms with van der Waals surface area (Å²) < 4.78 is 22.7. The molecule has 0 saturated carbocycles. The van der Waals surface area contributed by atoms with Crippen LogP contribution in [-0.4, -0.2) is 31.6 Å². The average molecular weight is 639 g/mol. The number of carbonyl (C=O) groups is 2. The van der Waals surface area contributed by atoms with Crippen LogP contribution in [0.2, 0.25) is 0 Å². The molecule has 0 atom stereocenters. The Morgan fingerprint density at radius 3 is 1.40 bits per heavy atom. The second-order valence-corrected chi connectivity index (χ2v) is 13.0. The summed E-state index contributed by atoms with van der Waals surface area (Å²) in [6, 6.07) is 27.1. The van der Waals surface area contributed by atoms with E-state index in [0.29, 0.717) is 41.8 Å². The van der Waals surface area contributed by atoms with Crippen LogP contribution < -0.4 is 18.9 Å². The summed E-state index contributed by atoms with van der Waals surface area (Å²) >= 11 is 0. The van der Waals surface area contributed by atoms with Gasteiger partial charge in [-0.3, -0.25) is 4.79 Å². The maximum absolute atomic E-state index is 11.4. The molecule has 4 aromatic rings. The second kappa shape index (κ2) is 16.5. The lowest BCUT2D eigenvalue weighted by molar-refractivity contribution is -0.131. The number of carbonyl (C=O) groups excluding carboxylic acids is 1. The van der Waals surface area contributed by atoms with Crippen LogP contribution in [0.4, 0.5) is 0 Å². The van der Waals surface area contributed by atoms with Crippen molar-refractivity contribution in [3.05, 3.63) is 124 Å². The van der Waals surface area contributed by atoms with Gasteiger partial charge in [-0.25, -0.2) is 4.79 Å². The summed E-state index contributed by atoms with van der Waals surface area (Å²) in [4.78, 5) is 22.3. The van der Waals surface area contributed by atoms with E-state index in [1.165, 1.54) is 0 Å². The molecule has 0 spiro atoms. The predicted octanol–water partition coefficient (Wildman–Crippen LogP) is 9.05. The third kappa shape index (κ3) is 10.8. The molecule has 0 saturated heterocycles. The van der Waals surface area contributed by atoms with Crippen molar-refractivity contribution in [3.8, 4) is 23.0 Å². The van der Waals surface area contributed by atoms with Crippen molar-refractivity contribution in [2.45, 2.75) is 65.6 Å². The third-order valence-electron chi connectivity index (χ3n) is 7.29. The fourth-order valence-electron chi connectivity index (χ4n) is 4.86. The Balaban J connectivity index is 0.000000257. The van der Waals surface area contributed by atoms with Crippen LogP contribution >= 0.6 is 0 Å². The smallest absolute Gasteiger partial charge is 0.328 e. The Bertz CT molecular complexity index is 1640. The molecule has 4 aromatic carbocycles. The molecule has 0 aliphatic rings. The molecule has 47 heavy (non-hydrogen) atoms. The van der Waals surface area contributed by atoms with Gasteiger partial charge in [0.05, 0.1) is 14.2 Å². The minimum atomic E-state index is -0.984. The van der Waals surface area contributed by atoms with Crippen molar-refractivity contribution in [1.82, 2.24) is 0 Å². The number of rotatable bonds is 11. The molecule has 1 N–H and O–H groups in total. The van der Waals surface area contributed by atoms with Crippen molar-refractivity contribution in [2.24, 2.45) is 0 Å². The fourth-order valence-corrected chi connectivity index (χ4v) is 4.86. The van der Waals surface area contributed by atoms with E-state index in [1.54, 1.807) is 26.4 Å². The molecule has 7 nitrogen and oxygen atoms in total. The van der Waals surface area contributed by atoms with Crippen LogP contribution in [0.5, 0.6) is 23.0 Å². The fraction of sp³-hybridized carbons (Fsp3) is 0.300. The first-order valence-electron chi connectivity index (χ1n) is 15.4. The molecule has 248 valence electrons. The van der Waals surface area contributed by atoms with Crippen LogP contribution in [-0.2, 0) is 28.8 Å². The van der Waals surface area contributed by atoms with E-state index in [9.17, 15) is 9.59 Å². The van der Waals surface area contributed by atoms with Crippen LogP contribution in [0.15, 0.2) is 91.0 Å². The number of carboxylic acids is 1. The normalized spacial score (nSPS) is 11.3. The first-order chi connectivity index (χ1) is 22.3. The van der Waals surface area contributed by atoms with Gasteiger partial charge < -0.3 is 24.1 Å². The number of aldehydes is 1. The lowest BCUT2D eigenvalue weighted by atomic mass is 9.83. The van der Waals surface area contributed by atoms with E-state index in [2.05, 4.69) is 41.5 Å². The Labute approximate surface area is 278 Å². The van der Waals surface area contributed by atoms with Crippen molar-refractivity contribution in [1.29, 1.82) is 0 Å². The van der Waals surface area contributed by atoms with E-state index in [0.717, 1.165) is 40.2 Å². The van der Waals surface area contributed by atoms with Crippen molar-refractivity contribution in [2.75, 3.05) is 14.2 Å². The van der Waals surface area contributed by atoms with Crippen LogP contribution in [0.1, 0.15) is 79.7 Å². The van der Waals surface area contributed by atoms with Gasteiger partial charge in [0.1, 0.15) is 19.5 Å². The molecular weight excluding hydrogens is 592 g/mol. The monoisotopic (exact) mass is 638 g/mol. The summed E-state index contributed by atoms with van der Waals surface area (Å²) in [5.41, 5.74) is 5.20. The molecule has 0 radical (unpaired) electrons. The van der Waals surface area contributed by atoms with Crippen LogP contribution in [0, 0.1) is 0 Å². The van der Waals surface area contributed by atoms with Gasteiger partial charge in [0.25, 0.3) is 0 Å². The third-order valence-corrected chi connectivity index (χ3v) is 7.29. The van der Waals surface area contributed by atoms with Gasteiger partial charge in [0.15, 0.2) is 23.0 Å². The van der Waals surface area contributed by atoms with Gasteiger partial charge in [-0.15, -0.1) is 0 Å². The minimum absolute atomic E-state index is 0.137. The zero-order chi connectivity index (χ0) is 34.6. The quantitative estimate of drug-likeness (QED) is 0.129. The highest BCUT2D eigenvalue weighted by Gasteiger charge is 2.22. The maximum atomic E-state index is 11.4. The summed E-state index contributed by atoms with van der Waals surface area (Å²) in [7, 11) is 3.21. The molecule has 0 aliphatic heterocycles. The molecule has 0 bridgehead atoms. The number of hydrogen-bond donors (Lipinski definition) is 1. The SMILES string of the molecule is COc1cc(C(C)(C)C)c(/C=C/C(=O)O)cc1OCc1ccccc1.COc1cc(C(C)(C)C)c(C=O)cc1OCc1ccccc1. The number of aliphatic carboxylic acids is 1. The van der Waals surface area contributed by atoms with Crippen molar-refractivity contribution >= 4 is 18.3 Å².